The molecule has 0 amide bonds. The minimum atomic E-state index is -0.409. The van der Waals surface area contributed by atoms with Crippen molar-refractivity contribution in [3.8, 4) is 0 Å². The minimum Gasteiger partial charge on any atom is -0.303 e. The summed E-state index contributed by atoms with van der Waals surface area (Å²) in [5.74, 6) is 0.264. The van der Waals surface area contributed by atoms with Gasteiger partial charge in [-0.15, -0.1) is 0 Å². The van der Waals surface area contributed by atoms with Crippen LogP contribution >= 0.6 is 0 Å². The first kappa shape index (κ1) is 13.3. The highest BCUT2D eigenvalue weighted by Crippen LogP contribution is 2.34. The Morgan fingerprint density at radius 3 is 1.93 bits per heavy atom. The Morgan fingerprint density at radius 2 is 1.64 bits per heavy atom. The molecule has 0 rings (SSSR count). The summed E-state index contributed by atoms with van der Waals surface area (Å²) in [7, 11) is 0. The standard InChI is InChI=1S/C12H22O2/c1-9(2)10(14)12(5,6)7-11(3,4)8-13/h8-9H,7H2,1-6H3. The van der Waals surface area contributed by atoms with E-state index in [-0.39, 0.29) is 11.7 Å². The third kappa shape index (κ3) is 3.60. The van der Waals surface area contributed by atoms with Crippen LogP contribution in [0.1, 0.15) is 48.0 Å². The lowest BCUT2D eigenvalue weighted by Gasteiger charge is -2.31. The van der Waals surface area contributed by atoms with Crippen LogP contribution in [0.5, 0.6) is 0 Å². The first-order valence-corrected chi connectivity index (χ1v) is 5.13. The zero-order chi connectivity index (χ0) is 11.6. The molecule has 82 valence electrons. The molecule has 0 aromatic heterocycles. The van der Waals surface area contributed by atoms with Crippen molar-refractivity contribution in [1.82, 2.24) is 0 Å². The van der Waals surface area contributed by atoms with Crippen LogP contribution in [0.15, 0.2) is 0 Å². The molecule has 14 heavy (non-hydrogen) atoms. The molecule has 0 heterocycles. The molecule has 2 nitrogen and oxygen atoms in total. The van der Waals surface area contributed by atoms with Crippen molar-refractivity contribution in [2.24, 2.45) is 16.7 Å². The topological polar surface area (TPSA) is 34.1 Å². The summed E-state index contributed by atoms with van der Waals surface area (Å²) in [6.07, 6.45) is 1.54. The summed E-state index contributed by atoms with van der Waals surface area (Å²) >= 11 is 0. The monoisotopic (exact) mass is 198 g/mol. The lowest BCUT2D eigenvalue weighted by atomic mass is 9.71. The molecule has 0 aromatic rings. The van der Waals surface area contributed by atoms with Gasteiger partial charge in [0.1, 0.15) is 12.1 Å². The van der Waals surface area contributed by atoms with Crippen LogP contribution in [-0.4, -0.2) is 12.1 Å². The summed E-state index contributed by atoms with van der Waals surface area (Å²) in [4.78, 5) is 22.6. The van der Waals surface area contributed by atoms with Crippen LogP contribution in [-0.2, 0) is 9.59 Å². The average molecular weight is 198 g/mol. The first-order valence-electron chi connectivity index (χ1n) is 5.13. The Morgan fingerprint density at radius 1 is 1.21 bits per heavy atom. The molecule has 2 heteroatoms. The van der Waals surface area contributed by atoms with E-state index in [0.717, 1.165) is 6.29 Å². The predicted octanol–water partition coefficient (Wildman–Crippen LogP) is 2.85. The van der Waals surface area contributed by atoms with Crippen molar-refractivity contribution in [3.05, 3.63) is 0 Å². The van der Waals surface area contributed by atoms with E-state index in [1.165, 1.54) is 0 Å². The Hall–Kier alpha value is -0.660. The molecule has 0 radical (unpaired) electrons. The maximum atomic E-state index is 11.8. The predicted molar refractivity (Wildman–Crippen MR) is 58.1 cm³/mol. The molecule has 0 fully saturated rings. The molecular formula is C12H22O2. The van der Waals surface area contributed by atoms with Gasteiger partial charge in [-0.05, 0) is 6.42 Å². The van der Waals surface area contributed by atoms with Gasteiger partial charge in [-0.25, -0.2) is 0 Å². The number of carbonyl (C=O) groups is 2. The van der Waals surface area contributed by atoms with Crippen molar-refractivity contribution in [2.75, 3.05) is 0 Å². The molecule has 0 aliphatic carbocycles. The van der Waals surface area contributed by atoms with Crippen LogP contribution in [0, 0.1) is 16.7 Å². The molecule has 0 aliphatic heterocycles. The van der Waals surface area contributed by atoms with E-state index in [1.54, 1.807) is 0 Å². The third-order valence-electron chi connectivity index (χ3n) is 2.41. The van der Waals surface area contributed by atoms with Gasteiger partial charge in [0, 0.05) is 16.7 Å². The highest BCUT2D eigenvalue weighted by Gasteiger charge is 2.35. The fourth-order valence-corrected chi connectivity index (χ4v) is 2.05. The fourth-order valence-electron chi connectivity index (χ4n) is 2.05. The Balaban J connectivity index is 4.64. The van der Waals surface area contributed by atoms with Gasteiger partial charge in [0.05, 0.1) is 0 Å². The van der Waals surface area contributed by atoms with Crippen molar-refractivity contribution < 1.29 is 9.59 Å². The zero-order valence-corrected chi connectivity index (χ0v) is 10.2. The van der Waals surface area contributed by atoms with E-state index in [2.05, 4.69) is 0 Å². The summed E-state index contributed by atoms with van der Waals surface area (Å²) in [5, 5.41) is 0. The number of carbonyl (C=O) groups excluding carboxylic acids is 2. The van der Waals surface area contributed by atoms with Crippen molar-refractivity contribution in [3.63, 3.8) is 0 Å². The van der Waals surface area contributed by atoms with E-state index in [9.17, 15) is 9.59 Å². The largest absolute Gasteiger partial charge is 0.303 e. The van der Waals surface area contributed by atoms with E-state index >= 15 is 0 Å². The number of aldehydes is 1. The molecule has 0 saturated carbocycles. The lowest BCUT2D eigenvalue weighted by Crippen LogP contribution is -2.34. The second-order valence-electron chi connectivity index (χ2n) is 5.69. The average Bonchev–Trinajstić information content (AvgIpc) is 2.01. The first-order chi connectivity index (χ1) is 6.12. The van der Waals surface area contributed by atoms with Gasteiger partial charge < -0.3 is 4.79 Å². The highest BCUT2D eigenvalue weighted by atomic mass is 16.1. The molecule has 0 saturated heterocycles. The molecule has 0 atom stereocenters. The van der Waals surface area contributed by atoms with Gasteiger partial charge >= 0.3 is 0 Å². The van der Waals surface area contributed by atoms with Crippen molar-refractivity contribution >= 4 is 12.1 Å². The summed E-state index contributed by atoms with van der Waals surface area (Å²) in [5.41, 5.74) is -0.813. The van der Waals surface area contributed by atoms with Crippen LogP contribution in [0.4, 0.5) is 0 Å². The SMILES string of the molecule is CC(C)C(=O)C(C)(C)CC(C)(C)C=O. The molecule has 0 aromatic carbocycles. The smallest absolute Gasteiger partial charge is 0.141 e. The maximum absolute atomic E-state index is 11.8. The Kier molecular flexibility index (Phi) is 4.04. The van der Waals surface area contributed by atoms with Crippen molar-refractivity contribution in [1.29, 1.82) is 0 Å². The normalized spacial score (nSPS) is 13.1. The molecule has 0 N–H and O–H groups in total. The van der Waals surface area contributed by atoms with Gasteiger partial charge in [-0.3, -0.25) is 4.79 Å². The molecule has 0 unspecified atom stereocenters. The maximum Gasteiger partial charge on any atom is 0.141 e. The summed E-state index contributed by atoms with van der Waals surface area (Å²) in [6.45, 7) is 11.4. The van der Waals surface area contributed by atoms with E-state index in [4.69, 9.17) is 0 Å². The van der Waals surface area contributed by atoms with Gasteiger partial charge in [-0.2, -0.15) is 0 Å². The number of hydrogen-bond donors (Lipinski definition) is 0. The fraction of sp³-hybridized carbons (Fsp3) is 0.833. The number of hydrogen-bond acceptors (Lipinski definition) is 2. The quantitative estimate of drug-likeness (QED) is 0.636. The van der Waals surface area contributed by atoms with E-state index in [1.807, 2.05) is 41.5 Å². The number of ketones is 1. The van der Waals surface area contributed by atoms with Crippen LogP contribution in [0.2, 0.25) is 0 Å². The molecule has 0 spiro atoms. The Labute approximate surface area is 87.1 Å². The number of rotatable bonds is 5. The van der Waals surface area contributed by atoms with Gasteiger partial charge in [0.15, 0.2) is 0 Å². The molecular weight excluding hydrogens is 176 g/mol. The van der Waals surface area contributed by atoms with Crippen LogP contribution in [0.3, 0.4) is 0 Å². The zero-order valence-electron chi connectivity index (χ0n) is 10.2. The van der Waals surface area contributed by atoms with Gasteiger partial charge in [0.2, 0.25) is 0 Å². The third-order valence-corrected chi connectivity index (χ3v) is 2.41. The second kappa shape index (κ2) is 4.24. The van der Waals surface area contributed by atoms with Gasteiger partial charge in [-0.1, -0.05) is 41.5 Å². The summed E-state index contributed by atoms with van der Waals surface area (Å²) in [6, 6.07) is 0. The second-order valence-corrected chi connectivity index (χ2v) is 5.69. The van der Waals surface area contributed by atoms with Crippen molar-refractivity contribution in [2.45, 2.75) is 48.0 Å². The van der Waals surface area contributed by atoms with E-state index < -0.39 is 10.8 Å². The van der Waals surface area contributed by atoms with Crippen LogP contribution < -0.4 is 0 Å². The minimum absolute atomic E-state index is 0.0347. The van der Waals surface area contributed by atoms with Gasteiger partial charge in [0.25, 0.3) is 0 Å². The van der Waals surface area contributed by atoms with E-state index in [0.29, 0.717) is 6.42 Å². The molecule has 0 aliphatic rings. The Bertz CT molecular complexity index is 224. The molecule has 0 bridgehead atoms. The van der Waals surface area contributed by atoms with Crippen LogP contribution in [0.25, 0.3) is 0 Å². The lowest BCUT2D eigenvalue weighted by molar-refractivity contribution is -0.132. The summed E-state index contributed by atoms with van der Waals surface area (Å²) < 4.78 is 0. The number of Topliss-reactive ketones (excluding diaryl/α,β-unsaturated/α-hetero) is 1. The highest BCUT2D eigenvalue weighted by molar-refractivity contribution is 5.86.